The van der Waals surface area contributed by atoms with Crippen molar-refractivity contribution in [1.82, 2.24) is 5.32 Å². The molecule has 36 heavy (non-hydrogen) atoms. The molecule has 0 spiro atoms. The van der Waals surface area contributed by atoms with Crippen molar-refractivity contribution in [1.29, 1.82) is 0 Å². The van der Waals surface area contributed by atoms with Gasteiger partial charge in [-0.25, -0.2) is 0 Å². The summed E-state index contributed by atoms with van der Waals surface area (Å²) in [5.74, 6) is 0.473. The molecular weight excluding hydrogens is 493 g/mol. The largest absolute Gasteiger partial charge is 0.418 e. The van der Waals surface area contributed by atoms with Gasteiger partial charge in [0.1, 0.15) is 5.69 Å². The smallest absolute Gasteiger partial charge is 0.382 e. The minimum absolute atomic E-state index is 0.0122. The number of hydrogen-bond donors (Lipinski definition) is 2. The Morgan fingerprint density at radius 1 is 1.00 bits per heavy atom. The van der Waals surface area contributed by atoms with E-state index >= 15 is 0 Å². The molecule has 6 nitrogen and oxygen atoms in total. The average Bonchev–Trinajstić information content (AvgIpc) is 2.88. The van der Waals surface area contributed by atoms with Crippen LogP contribution in [0.1, 0.15) is 44.1 Å². The summed E-state index contributed by atoms with van der Waals surface area (Å²) in [6.45, 7) is 2.29. The Balaban J connectivity index is 1.19. The zero-order chi connectivity index (χ0) is 25.7. The fourth-order valence-electron chi connectivity index (χ4n) is 5.12. The minimum atomic E-state index is -4.64. The number of nitrogens with one attached hydrogen (secondary N) is 2. The van der Waals surface area contributed by atoms with Crippen molar-refractivity contribution < 1.29 is 18.0 Å². The van der Waals surface area contributed by atoms with E-state index in [0.717, 1.165) is 69.4 Å². The topological polar surface area (TPSA) is 73.8 Å². The third kappa shape index (κ3) is 6.69. The molecule has 1 saturated heterocycles. The number of carbonyl (C=O) groups is 1. The van der Waals surface area contributed by atoms with Gasteiger partial charge in [-0.1, -0.05) is 11.6 Å². The number of benzene rings is 2. The number of amides is 1. The molecule has 0 atom stereocenters. The SMILES string of the molecule is O=Nc1ccc(NC2CCC(CNC(=O)C3CCN(c4ccc(Cl)cc4)CC3)CC2)cc1C(F)(F)F. The molecule has 194 valence electrons. The van der Waals surface area contributed by atoms with Gasteiger partial charge in [-0.2, -0.15) is 13.2 Å². The number of halogens is 4. The second kappa shape index (κ2) is 11.5. The van der Waals surface area contributed by atoms with Crippen LogP contribution in [0.15, 0.2) is 47.6 Å². The van der Waals surface area contributed by atoms with Gasteiger partial charge in [0, 0.05) is 48.0 Å². The highest BCUT2D eigenvalue weighted by Crippen LogP contribution is 2.38. The summed E-state index contributed by atoms with van der Waals surface area (Å²) in [5.41, 5.74) is -0.188. The van der Waals surface area contributed by atoms with Gasteiger partial charge < -0.3 is 15.5 Å². The van der Waals surface area contributed by atoms with Crippen molar-refractivity contribution in [3.63, 3.8) is 0 Å². The summed E-state index contributed by atoms with van der Waals surface area (Å²) in [6.07, 6.45) is 0.348. The van der Waals surface area contributed by atoms with Crippen LogP contribution in [0, 0.1) is 16.7 Å². The molecule has 0 radical (unpaired) electrons. The van der Waals surface area contributed by atoms with Gasteiger partial charge in [-0.05, 0) is 92.1 Å². The molecule has 1 aliphatic carbocycles. The highest BCUT2D eigenvalue weighted by atomic mass is 35.5. The van der Waals surface area contributed by atoms with Crippen LogP contribution in [0.4, 0.5) is 30.2 Å². The number of alkyl halides is 3. The second-order valence-electron chi connectivity index (χ2n) is 9.67. The number of piperidine rings is 1. The Labute approximate surface area is 213 Å². The lowest BCUT2D eigenvalue weighted by atomic mass is 9.85. The lowest BCUT2D eigenvalue weighted by Crippen LogP contribution is -2.42. The van der Waals surface area contributed by atoms with Crippen LogP contribution < -0.4 is 15.5 Å². The van der Waals surface area contributed by atoms with Crippen LogP contribution in [0.5, 0.6) is 0 Å². The predicted molar refractivity (Wildman–Crippen MR) is 136 cm³/mol. The molecule has 2 aromatic carbocycles. The van der Waals surface area contributed by atoms with E-state index in [-0.39, 0.29) is 17.9 Å². The maximum Gasteiger partial charge on any atom is 0.418 e. The van der Waals surface area contributed by atoms with Crippen molar-refractivity contribution in [2.75, 3.05) is 29.9 Å². The standard InChI is InChI=1S/C26H30ClF3N4O2/c27-19-3-8-22(9-4-19)34-13-11-18(12-14-34)25(35)31-16-17-1-5-20(6-2-17)32-21-7-10-24(33-36)23(15-21)26(28,29)30/h3-4,7-10,15,17-18,20,32H,1-2,5-6,11-14,16H2,(H,31,35). The lowest BCUT2D eigenvalue weighted by Gasteiger charge is -2.34. The molecule has 2 N–H and O–H groups in total. The van der Waals surface area contributed by atoms with Crippen LogP contribution in [0.3, 0.4) is 0 Å². The van der Waals surface area contributed by atoms with Crippen LogP contribution in [-0.2, 0) is 11.0 Å². The zero-order valence-electron chi connectivity index (χ0n) is 19.9. The quantitative estimate of drug-likeness (QED) is 0.394. The van der Waals surface area contributed by atoms with E-state index in [9.17, 15) is 22.9 Å². The van der Waals surface area contributed by atoms with E-state index in [1.54, 1.807) is 0 Å². The first-order valence-corrected chi connectivity index (χ1v) is 12.7. The molecule has 1 saturated carbocycles. The molecule has 0 aromatic heterocycles. The van der Waals surface area contributed by atoms with Crippen LogP contribution in [0.2, 0.25) is 5.02 Å². The van der Waals surface area contributed by atoms with Gasteiger partial charge in [0.2, 0.25) is 5.91 Å². The van der Waals surface area contributed by atoms with Crippen molar-refractivity contribution in [3.8, 4) is 0 Å². The van der Waals surface area contributed by atoms with Crippen molar-refractivity contribution in [2.45, 2.75) is 50.7 Å². The summed E-state index contributed by atoms with van der Waals surface area (Å²) in [4.78, 5) is 25.7. The van der Waals surface area contributed by atoms with Crippen LogP contribution in [-0.4, -0.2) is 31.6 Å². The number of anilines is 2. The number of rotatable bonds is 7. The van der Waals surface area contributed by atoms with Crippen LogP contribution >= 0.6 is 11.6 Å². The highest BCUT2D eigenvalue weighted by Gasteiger charge is 2.35. The molecule has 2 aliphatic rings. The van der Waals surface area contributed by atoms with Crippen LogP contribution in [0.25, 0.3) is 0 Å². The Morgan fingerprint density at radius 3 is 2.28 bits per heavy atom. The van der Waals surface area contributed by atoms with E-state index in [1.165, 1.54) is 6.07 Å². The lowest BCUT2D eigenvalue weighted by molar-refractivity contribution is -0.137. The van der Waals surface area contributed by atoms with Gasteiger partial charge in [0.15, 0.2) is 0 Å². The second-order valence-corrected chi connectivity index (χ2v) is 10.1. The molecule has 4 rings (SSSR count). The molecule has 2 aromatic rings. The molecule has 10 heteroatoms. The average molecular weight is 523 g/mol. The molecule has 1 amide bonds. The molecule has 1 heterocycles. The monoisotopic (exact) mass is 522 g/mol. The Hall–Kier alpha value is -2.81. The first kappa shape index (κ1) is 26.3. The number of hydrogen-bond acceptors (Lipinski definition) is 5. The van der Waals surface area contributed by atoms with E-state index in [0.29, 0.717) is 23.2 Å². The maximum atomic E-state index is 13.2. The minimum Gasteiger partial charge on any atom is -0.382 e. The van der Waals surface area contributed by atoms with Crippen molar-refractivity contribution >= 4 is 34.6 Å². The third-order valence-electron chi connectivity index (χ3n) is 7.24. The maximum absolute atomic E-state index is 13.2. The van der Waals surface area contributed by atoms with E-state index < -0.39 is 17.4 Å². The summed E-state index contributed by atoms with van der Waals surface area (Å²) in [7, 11) is 0. The van der Waals surface area contributed by atoms with E-state index in [2.05, 4.69) is 20.7 Å². The summed E-state index contributed by atoms with van der Waals surface area (Å²) >= 11 is 5.96. The fourth-order valence-corrected chi connectivity index (χ4v) is 5.25. The Kier molecular flexibility index (Phi) is 8.39. The molecule has 0 bridgehead atoms. The molecule has 1 aliphatic heterocycles. The van der Waals surface area contributed by atoms with Crippen molar-refractivity contribution in [3.05, 3.63) is 58.0 Å². The van der Waals surface area contributed by atoms with Gasteiger partial charge in [-0.15, -0.1) is 4.91 Å². The Morgan fingerprint density at radius 2 is 1.67 bits per heavy atom. The van der Waals surface area contributed by atoms with E-state index in [1.807, 2.05) is 24.3 Å². The molecule has 0 unspecified atom stereocenters. The normalized spacial score (nSPS) is 21.2. The summed E-state index contributed by atoms with van der Waals surface area (Å²) in [6, 6.07) is 11.3. The van der Waals surface area contributed by atoms with Gasteiger partial charge in [0.25, 0.3) is 0 Å². The first-order chi connectivity index (χ1) is 17.2. The van der Waals surface area contributed by atoms with Gasteiger partial charge >= 0.3 is 6.18 Å². The molecule has 2 fully saturated rings. The zero-order valence-corrected chi connectivity index (χ0v) is 20.6. The number of nitrogens with zero attached hydrogens (tertiary/aromatic N) is 2. The van der Waals surface area contributed by atoms with Gasteiger partial charge in [0.05, 0.1) is 5.56 Å². The number of carbonyl (C=O) groups excluding carboxylic acids is 1. The summed E-state index contributed by atoms with van der Waals surface area (Å²) in [5, 5.41) is 9.48. The summed E-state index contributed by atoms with van der Waals surface area (Å²) < 4.78 is 39.5. The Bertz CT molecular complexity index is 1050. The fraction of sp³-hybridized carbons (Fsp3) is 0.500. The highest BCUT2D eigenvalue weighted by molar-refractivity contribution is 6.30. The predicted octanol–water partition coefficient (Wildman–Crippen LogP) is 6.76. The number of nitroso groups, excluding NO2 is 1. The third-order valence-corrected chi connectivity index (χ3v) is 7.49. The molecular formula is C26H30ClF3N4O2. The first-order valence-electron chi connectivity index (χ1n) is 12.3. The van der Waals surface area contributed by atoms with E-state index in [4.69, 9.17) is 11.6 Å². The van der Waals surface area contributed by atoms with Gasteiger partial charge in [-0.3, -0.25) is 4.79 Å². The van der Waals surface area contributed by atoms with Crippen molar-refractivity contribution in [2.24, 2.45) is 17.0 Å².